The average Bonchev–Trinajstić information content (AvgIpc) is 2.98. The number of aryl methyl sites for hydroxylation is 1. The first-order valence-electron chi connectivity index (χ1n) is 6.77. The lowest BCUT2D eigenvalue weighted by atomic mass is 10.4. The highest BCUT2D eigenvalue weighted by Crippen LogP contribution is 2.38. The molecule has 6 nitrogen and oxygen atoms in total. The van der Waals surface area contributed by atoms with E-state index in [1.807, 2.05) is 19.4 Å². The highest BCUT2D eigenvalue weighted by molar-refractivity contribution is 5.03. The Morgan fingerprint density at radius 3 is 3.00 bits per heavy atom. The van der Waals surface area contributed by atoms with Crippen molar-refractivity contribution < 1.29 is 4.52 Å². The smallest absolute Gasteiger partial charge is 0.240 e. The van der Waals surface area contributed by atoms with Crippen molar-refractivity contribution in [2.75, 3.05) is 7.05 Å². The second-order valence-electron chi connectivity index (χ2n) is 5.12. The van der Waals surface area contributed by atoms with Crippen LogP contribution in [0.3, 0.4) is 0 Å². The monoisotopic (exact) mass is 261 g/mol. The van der Waals surface area contributed by atoms with E-state index in [1.165, 1.54) is 12.8 Å². The van der Waals surface area contributed by atoms with Crippen LogP contribution >= 0.6 is 0 Å². The molecule has 2 aromatic rings. The van der Waals surface area contributed by atoms with E-state index in [-0.39, 0.29) is 0 Å². The molecule has 0 N–H and O–H groups in total. The van der Waals surface area contributed by atoms with Crippen LogP contribution in [0.1, 0.15) is 43.2 Å². The molecule has 0 radical (unpaired) electrons. The molecule has 6 heteroatoms. The Kier molecular flexibility index (Phi) is 3.33. The molecule has 1 aliphatic rings. The molecule has 1 aliphatic carbocycles. The van der Waals surface area contributed by atoms with Crippen LogP contribution in [0.4, 0.5) is 0 Å². The number of hydrogen-bond donors (Lipinski definition) is 0. The Labute approximate surface area is 112 Å². The van der Waals surface area contributed by atoms with Crippen molar-refractivity contribution in [3.05, 3.63) is 29.9 Å². The minimum Gasteiger partial charge on any atom is -0.338 e. The standard InChI is InChI=1S/C13H19N5O/c1-3-18-7-6-14-11(18)8-17(2)9-12-15-13(16-19-12)10-4-5-10/h6-7,10H,3-5,8-9H2,1-2H3. The van der Waals surface area contributed by atoms with Crippen molar-refractivity contribution in [2.45, 2.75) is 45.3 Å². The molecule has 19 heavy (non-hydrogen) atoms. The molecule has 1 saturated carbocycles. The summed E-state index contributed by atoms with van der Waals surface area (Å²) >= 11 is 0. The molecule has 102 valence electrons. The summed E-state index contributed by atoms with van der Waals surface area (Å²) in [5.41, 5.74) is 0. The van der Waals surface area contributed by atoms with Gasteiger partial charge in [-0.1, -0.05) is 5.16 Å². The van der Waals surface area contributed by atoms with E-state index in [1.54, 1.807) is 0 Å². The van der Waals surface area contributed by atoms with Gasteiger partial charge in [-0.2, -0.15) is 4.98 Å². The van der Waals surface area contributed by atoms with Crippen LogP contribution in [-0.4, -0.2) is 31.6 Å². The molecule has 2 heterocycles. The van der Waals surface area contributed by atoms with Gasteiger partial charge in [-0.25, -0.2) is 4.98 Å². The molecule has 0 saturated heterocycles. The minimum atomic E-state index is 0.543. The van der Waals surface area contributed by atoms with Gasteiger partial charge >= 0.3 is 0 Å². The SMILES string of the molecule is CCn1ccnc1CN(C)Cc1nc(C2CC2)no1. The molecule has 0 amide bonds. The summed E-state index contributed by atoms with van der Waals surface area (Å²) in [6.07, 6.45) is 6.23. The van der Waals surface area contributed by atoms with Crippen LogP contribution < -0.4 is 0 Å². The molecular formula is C13H19N5O. The Hall–Kier alpha value is -1.69. The van der Waals surface area contributed by atoms with E-state index in [9.17, 15) is 0 Å². The van der Waals surface area contributed by atoms with Crippen LogP contribution in [0.2, 0.25) is 0 Å². The predicted octanol–water partition coefficient (Wildman–Crippen LogP) is 1.80. The van der Waals surface area contributed by atoms with Crippen molar-refractivity contribution >= 4 is 0 Å². The fourth-order valence-electron chi connectivity index (χ4n) is 2.15. The van der Waals surface area contributed by atoms with Crippen molar-refractivity contribution in [3.8, 4) is 0 Å². The summed E-state index contributed by atoms with van der Waals surface area (Å²) < 4.78 is 7.42. The number of aromatic nitrogens is 4. The van der Waals surface area contributed by atoms with Crippen LogP contribution in [0, 0.1) is 0 Å². The number of hydrogen-bond acceptors (Lipinski definition) is 5. The van der Waals surface area contributed by atoms with Gasteiger partial charge in [-0.05, 0) is 26.8 Å². The van der Waals surface area contributed by atoms with Gasteiger partial charge in [-0.15, -0.1) is 0 Å². The molecule has 2 aromatic heterocycles. The van der Waals surface area contributed by atoms with E-state index in [2.05, 4.69) is 31.5 Å². The second-order valence-corrected chi connectivity index (χ2v) is 5.12. The molecule has 1 fully saturated rings. The van der Waals surface area contributed by atoms with E-state index < -0.39 is 0 Å². The van der Waals surface area contributed by atoms with Crippen molar-refractivity contribution in [1.82, 2.24) is 24.6 Å². The minimum absolute atomic E-state index is 0.543. The lowest BCUT2D eigenvalue weighted by Gasteiger charge is -2.14. The molecule has 0 bridgehead atoms. The molecule has 0 aliphatic heterocycles. The van der Waals surface area contributed by atoms with E-state index in [4.69, 9.17) is 4.52 Å². The third-order valence-corrected chi connectivity index (χ3v) is 3.39. The Balaban J connectivity index is 1.59. The molecule has 3 rings (SSSR count). The van der Waals surface area contributed by atoms with Crippen molar-refractivity contribution in [2.24, 2.45) is 0 Å². The third-order valence-electron chi connectivity index (χ3n) is 3.39. The van der Waals surface area contributed by atoms with Gasteiger partial charge in [0.1, 0.15) is 5.82 Å². The quantitative estimate of drug-likeness (QED) is 0.793. The molecular weight excluding hydrogens is 242 g/mol. The average molecular weight is 261 g/mol. The van der Waals surface area contributed by atoms with Gasteiger partial charge < -0.3 is 9.09 Å². The van der Waals surface area contributed by atoms with Gasteiger partial charge in [0.05, 0.1) is 13.1 Å². The maximum atomic E-state index is 5.28. The summed E-state index contributed by atoms with van der Waals surface area (Å²) in [5.74, 6) is 3.17. The van der Waals surface area contributed by atoms with Gasteiger partial charge in [0, 0.05) is 24.9 Å². The zero-order valence-corrected chi connectivity index (χ0v) is 11.4. The lowest BCUT2D eigenvalue weighted by Crippen LogP contribution is -2.20. The maximum Gasteiger partial charge on any atom is 0.240 e. The van der Waals surface area contributed by atoms with Crippen LogP contribution in [0.25, 0.3) is 0 Å². The van der Waals surface area contributed by atoms with Gasteiger partial charge in [-0.3, -0.25) is 4.90 Å². The first kappa shape index (κ1) is 12.3. The fraction of sp³-hybridized carbons (Fsp3) is 0.615. The van der Waals surface area contributed by atoms with Gasteiger partial charge in [0.2, 0.25) is 5.89 Å². The highest BCUT2D eigenvalue weighted by Gasteiger charge is 2.28. The fourth-order valence-corrected chi connectivity index (χ4v) is 2.15. The number of nitrogens with zero attached hydrogens (tertiary/aromatic N) is 5. The summed E-state index contributed by atoms with van der Waals surface area (Å²) in [7, 11) is 2.04. The van der Waals surface area contributed by atoms with E-state index >= 15 is 0 Å². The van der Waals surface area contributed by atoms with Crippen molar-refractivity contribution in [3.63, 3.8) is 0 Å². The van der Waals surface area contributed by atoms with E-state index in [0.717, 1.165) is 24.7 Å². The van der Waals surface area contributed by atoms with Crippen LogP contribution in [0.15, 0.2) is 16.9 Å². The maximum absolute atomic E-state index is 5.28. The van der Waals surface area contributed by atoms with Crippen molar-refractivity contribution in [1.29, 1.82) is 0 Å². The lowest BCUT2D eigenvalue weighted by molar-refractivity contribution is 0.253. The van der Waals surface area contributed by atoms with Gasteiger partial charge in [0.15, 0.2) is 5.82 Å². The van der Waals surface area contributed by atoms with Crippen LogP contribution in [-0.2, 0) is 19.6 Å². The number of imidazole rings is 1. The number of rotatable bonds is 6. The second kappa shape index (κ2) is 5.13. The largest absolute Gasteiger partial charge is 0.338 e. The van der Waals surface area contributed by atoms with Gasteiger partial charge in [0.25, 0.3) is 0 Å². The Bertz CT molecular complexity index is 543. The molecule has 0 atom stereocenters. The van der Waals surface area contributed by atoms with E-state index in [0.29, 0.717) is 18.4 Å². The first-order chi connectivity index (χ1) is 9.26. The summed E-state index contributed by atoms with van der Waals surface area (Å²) in [6, 6.07) is 0. The molecule has 0 unspecified atom stereocenters. The molecule has 0 spiro atoms. The normalized spacial score (nSPS) is 15.3. The Morgan fingerprint density at radius 2 is 2.26 bits per heavy atom. The summed E-state index contributed by atoms with van der Waals surface area (Å²) in [4.78, 5) is 10.9. The summed E-state index contributed by atoms with van der Waals surface area (Å²) in [6.45, 7) is 4.50. The zero-order chi connectivity index (χ0) is 13.2. The topological polar surface area (TPSA) is 60.0 Å². The third kappa shape index (κ3) is 2.84. The first-order valence-corrected chi connectivity index (χ1v) is 6.77. The highest BCUT2D eigenvalue weighted by atomic mass is 16.5. The molecule has 0 aromatic carbocycles. The zero-order valence-electron chi connectivity index (χ0n) is 11.4. The Morgan fingerprint density at radius 1 is 1.42 bits per heavy atom. The predicted molar refractivity (Wildman–Crippen MR) is 69.3 cm³/mol. The summed E-state index contributed by atoms with van der Waals surface area (Å²) in [5, 5.41) is 4.03. The van der Waals surface area contributed by atoms with Crippen LogP contribution in [0.5, 0.6) is 0 Å².